The number of carbonyl (C=O) groups is 3. The van der Waals surface area contributed by atoms with Crippen LogP contribution in [0.25, 0.3) is 5.76 Å². The number of rotatable bonds is 3. The second-order valence-electron chi connectivity index (χ2n) is 10.4. The van der Waals surface area contributed by atoms with E-state index in [1.165, 1.54) is 13.0 Å². The Hall–Kier alpha value is -3.33. The Bertz CT molecular complexity index is 1210. The fourth-order valence-corrected chi connectivity index (χ4v) is 6.50. The predicted molar refractivity (Wildman–Crippen MR) is 126 cm³/mol. The van der Waals surface area contributed by atoms with Crippen LogP contribution in [0.15, 0.2) is 29.0 Å². The first-order valence-electron chi connectivity index (χ1n) is 11.1. The molecule has 1 aromatic carbocycles. The van der Waals surface area contributed by atoms with E-state index in [9.17, 15) is 29.7 Å². The number of allylic oxidation sites excluding steroid dienone is 2. The summed E-state index contributed by atoms with van der Waals surface area (Å²) in [5.41, 5.74) is 3.86. The number of benzene rings is 1. The number of primary amides is 1. The minimum atomic E-state index is -1.69. The molecule has 3 aliphatic carbocycles. The zero-order valence-corrected chi connectivity index (χ0v) is 20.3. The zero-order valence-electron chi connectivity index (χ0n) is 20.3. The number of fused-ring (bicyclic) bond motifs is 3. The van der Waals surface area contributed by atoms with E-state index in [1.54, 1.807) is 32.0 Å². The molecule has 182 valence electrons. The second kappa shape index (κ2) is 7.33. The second-order valence-corrected chi connectivity index (χ2v) is 10.4. The number of aliphatic hydroxyl groups is 2. The maximum Gasteiger partial charge on any atom is 0.255 e. The largest absolute Gasteiger partial charge is 0.510 e. The van der Waals surface area contributed by atoms with E-state index < -0.39 is 51.6 Å². The van der Waals surface area contributed by atoms with Crippen molar-refractivity contribution < 1.29 is 29.7 Å². The van der Waals surface area contributed by atoms with Crippen molar-refractivity contribution in [2.45, 2.75) is 32.7 Å². The van der Waals surface area contributed by atoms with E-state index in [0.29, 0.717) is 12.0 Å². The highest BCUT2D eigenvalue weighted by molar-refractivity contribution is 6.24. The summed E-state index contributed by atoms with van der Waals surface area (Å²) in [6, 6.07) is 2.32. The van der Waals surface area contributed by atoms with Gasteiger partial charge in [-0.3, -0.25) is 19.3 Å². The third kappa shape index (κ3) is 2.73. The Morgan fingerprint density at radius 3 is 2.24 bits per heavy atom. The number of carbonyl (C=O) groups excluding carboxylic acids is 3. The van der Waals surface area contributed by atoms with Crippen molar-refractivity contribution in [3.63, 3.8) is 0 Å². The van der Waals surface area contributed by atoms with Gasteiger partial charge in [-0.05, 0) is 57.5 Å². The van der Waals surface area contributed by atoms with E-state index in [4.69, 9.17) is 5.73 Å². The zero-order chi connectivity index (χ0) is 25.5. The molecular weight excluding hydrogens is 438 g/mol. The Morgan fingerprint density at radius 1 is 1.09 bits per heavy atom. The van der Waals surface area contributed by atoms with Crippen LogP contribution in [0.2, 0.25) is 0 Å². The number of ketones is 2. The molecule has 3 aliphatic rings. The van der Waals surface area contributed by atoms with Gasteiger partial charge in [0.15, 0.2) is 11.6 Å². The summed E-state index contributed by atoms with van der Waals surface area (Å²) in [5, 5.41) is 33.1. The van der Waals surface area contributed by atoms with Crippen molar-refractivity contribution in [3.05, 3.63) is 40.2 Å². The molecule has 5 N–H and O–H groups in total. The molecule has 0 bridgehead atoms. The molecular formula is C25H31N3O6. The third-order valence-corrected chi connectivity index (χ3v) is 8.18. The molecule has 34 heavy (non-hydrogen) atoms. The number of hydrogen-bond donors (Lipinski definition) is 4. The smallest absolute Gasteiger partial charge is 0.255 e. The average molecular weight is 470 g/mol. The maximum atomic E-state index is 14.1. The molecule has 0 saturated heterocycles. The Labute approximate surface area is 198 Å². The summed E-state index contributed by atoms with van der Waals surface area (Å²) in [6.45, 7) is 3.26. The topological polar surface area (TPSA) is 144 Å². The Balaban J connectivity index is 2.05. The predicted octanol–water partition coefficient (Wildman–Crippen LogP) is 1.70. The van der Waals surface area contributed by atoms with Crippen molar-refractivity contribution in [2.24, 2.45) is 22.5 Å². The molecule has 0 heterocycles. The lowest BCUT2D eigenvalue weighted by atomic mass is 9.45. The minimum Gasteiger partial charge on any atom is -0.510 e. The number of phenols is 1. The standard InChI is InChI=1S/C25H31N3O6/c1-24-10-11-9-12-13(27(3)4)7-8-14(29)16(12)18(30)15(11)21(32)25(24,2)22(33)17(23(26)34)19(31)20(24)28(5)6/h7-8,11,20,29-30,33H,9-10H2,1-6H3,(H2,26,34)/t11-,20+,24-,25+/m0/s1. The van der Waals surface area contributed by atoms with Gasteiger partial charge in [-0.1, -0.05) is 6.92 Å². The molecule has 0 aromatic heterocycles. The third-order valence-electron chi connectivity index (χ3n) is 8.18. The molecule has 0 spiro atoms. The van der Waals surface area contributed by atoms with Crippen LogP contribution in [0.5, 0.6) is 5.75 Å². The Morgan fingerprint density at radius 2 is 1.71 bits per heavy atom. The van der Waals surface area contributed by atoms with Gasteiger partial charge in [0.2, 0.25) is 0 Å². The van der Waals surface area contributed by atoms with Gasteiger partial charge in [0.1, 0.15) is 22.8 Å². The van der Waals surface area contributed by atoms with Crippen LogP contribution < -0.4 is 10.6 Å². The summed E-state index contributed by atoms with van der Waals surface area (Å²) in [5.74, 6) is -3.93. The number of Topliss-reactive ketones (excluding diaryl/α,β-unsaturated/α-hetero) is 2. The lowest BCUT2D eigenvalue weighted by Crippen LogP contribution is -2.66. The van der Waals surface area contributed by atoms with Crippen LogP contribution in [0.4, 0.5) is 5.69 Å². The molecule has 1 fully saturated rings. The van der Waals surface area contributed by atoms with Crippen LogP contribution >= 0.6 is 0 Å². The van der Waals surface area contributed by atoms with E-state index >= 15 is 0 Å². The van der Waals surface area contributed by atoms with E-state index in [1.807, 2.05) is 19.0 Å². The fraction of sp³-hybridized carbons (Fsp3) is 0.480. The number of anilines is 1. The summed E-state index contributed by atoms with van der Waals surface area (Å²) >= 11 is 0. The molecule has 1 saturated carbocycles. The number of nitrogens with zero attached hydrogens (tertiary/aromatic N) is 2. The van der Waals surface area contributed by atoms with Crippen LogP contribution in [0.3, 0.4) is 0 Å². The minimum absolute atomic E-state index is 0.0842. The van der Waals surface area contributed by atoms with E-state index in [2.05, 4.69) is 0 Å². The van der Waals surface area contributed by atoms with Crippen LogP contribution in [-0.4, -0.2) is 71.9 Å². The van der Waals surface area contributed by atoms with Gasteiger partial charge in [-0.2, -0.15) is 0 Å². The summed E-state index contributed by atoms with van der Waals surface area (Å²) < 4.78 is 0. The Kier molecular flexibility index (Phi) is 5.14. The normalized spacial score (nSPS) is 30.8. The fourth-order valence-electron chi connectivity index (χ4n) is 6.50. The number of amides is 1. The molecule has 9 heteroatoms. The van der Waals surface area contributed by atoms with Crippen molar-refractivity contribution in [1.82, 2.24) is 4.90 Å². The van der Waals surface area contributed by atoms with Crippen LogP contribution in [0, 0.1) is 16.7 Å². The highest BCUT2D eigenvalue weighted by atomic mass is 16.3. The van der Waals surface area contributed by atoms with Gasteiger partial charge in [0.05, 0.1) is 17.0 Å². The van der Waals surface area contributed by atoms with Gasteiger partial charge < -0.3 is 26.0 Å². The maximum absolute atomic E-state index is 14.1. The number of phenolic OH excluding ortho intramolecular Hbond substituents is 1. The van der Waals surface area contributed by atoms with Gasteiger partial charge in [0.25, 0.3) is 5.91 Å². The van der Waals surface area contributed by atoms with Crippen LogP contribution in [-0.2, 0) is 20.8 Å². The lowest BCUT2D eigenvalue weighted by molar-refractivity contribution is -0.150. The first-order valence-corrected chi connectivity index (χ1v) is 11.1. The molecule has 4 atom stereocenters. The first kappa shape index (κ1) is 23.8. The van der Waals surface area contributed by atoms with Crippen LogP contribution in [0.1, 0.15) is 31.4 Å². The SMILES string of the molecule is CN(C)c1ccc(O)c2c1C[C@H]1C[C@@]3(C)[C@H](N(C)C)C(=O)C(C(N)=O)=C(O)[C@@]3(C)C(=O)C1=C2O. The number of likely N-dealkylation sites (N-methyl/N-ethyl adjacent to an activating group) is 1. The molecule has 4 rings (SSSR count). The van der Waals surface area contributed by atoms with E-state index in [0.717, 1.165) is 5.69 Å². The summed E-state index contributed by atoms with van der Waals surface area (Å²) in [6.07, 6.45) is 0.636. The number of aliphatic hydroxyl groups excluding tert-OH is 2. The molecule has 1 aromatic rings. The summed E-state index contributed by atoms with van der Waals surface area (Å²) in [4.78, 5) is 43.2. The number of aromatic hydroxyl groups is 1. The van der Waals surface area contributed by atoms with E-state index in [-0.39, 0.29) is 29.1 Å². The van der Waals surface area contributed by atoms with Gasteiger partial charge in [0, 0.05) is 30.8 Å². The number of nitrogens with two attached hydrogens (primary N) is 1. The molecule has 1 amide bonds. The van der Waals surface area contributed by atoms with Crippen molar-refractivity contribution >= 4 is 28.9 Å². The monoisotopic (exact) mass is 469 g/mol. The molecule has 0 radical (unpaired) electrons. The highest BCUT2D eigenvalue weighted by Crippen LogP contribution is 2.63. The van der Waals surface area contributed by atoms with Gasteiger partial charge in [-0.15, -0.1) is 0 Å². The quantitative estimate of drug-likeness (QED) is 0.490. The summed E-state index contributed by atoms with van der Waals surface area (Å²) in [7, 11) is 7.06. The van der Waals surface area contributed by atoms with Crippen molar-refractivity contribution in [2.75, 3.05) is 33.1 Å². The van der Waals surface area contributed by atoms with Gasteiger partial charge in [-0.25, -0.2) is 0 Å². The number of hydrogen-bond acceptors (Lipinski definition) is 8. The molecule has 0 unspecified atom stereocenters. The average Bonchev–Trinajstić information content (AvgIpc) is 2.70. The first-order chi connectivity index (χ1) is 15.7. The van der Waals surface area contributed by atoms with Crippen molar-refractivity contribution in [3.8, 4) is 5.75 Å². The molecule has 0 aliphatic heterocycles. The van der Waals surface area contributed by atoms with Crippen molar-refractivity contribution in [1.29, 1.82) is 0 Å². The lowest BCUT2D eigenvalue weighted by Gasteiger charge is -2.58. The molecule has 9 nitrogen and oxygen atoms in total. The van der Waals surface area contributed by atoms with Gasteiger partial charge >= 0.3 is 0 Å². The highest BCUT2D eigenvalue weighted by Gasteiger charge is 2.68.